The lowest BCUT2D eigenvalue weighted by molar-refractivity contribution is -0.137. The molecular weight excluding hydrogens is 742 g/mol. The normalized spacial score (nSPS) is 20.8. The Morgan fingerprint density at radius 3 is 2.48 bits per heavy atom. The summed E-state index contributed by atoms with van der Waals surface area (Å²) in [5, 5.41) is 22.1. The van der Waals surface area contributed by atoms with E-state index in [2.05, 4.69) is 47.0 Å². The average Bonchev–Trinajstić information content (AvgIpc) is 3.70. The van der Waals surface area contributed by atoms with Gasteiger partial charge in [-0.3, -0.25) is 29.2 Å². The third-order valence-electron chi connectivity index (χ3n) is 11.0. The fraction of sp³-hybridized carbons (Fsp3) is 0.579. The zero-order valence-electron chi connectivity index (χ0n) is 31.6. The minimum atomic E-state index is -0.641. The van der Waals surface area contributed by atoms with Crippen LogP contribution >= 0.6 is 11.3 Å². The first kappa shape index (κ1) is 39.3. The molecule has 16 nitrogen and oxygen atoms in total. The van der Waals surface area contributed by atoms with Crippen molar-refractivity contribution in [1.29, 1.82) is 0 Å². The Kier molecular flexibility index (Phi) is 12.5. The van der Waals surface area contributed by atoms with Crippen molar-refractivity contribution in [3.05, 3.63) is 45.3 Å². The van der Waals surface area contributed by atoms with Gasteiger partial charge in [-0.05, 0) is 88.2 Å². The molecule has 2 aliphatic heterocycles. The number of aryl methyl sites for hydroxylation is 1. The minimum absolute atomic E-state index is 0.0450. The molecule has 56 heavy (non-hydrogen) atoms. The van der Waals surface area contributed by atoms with E-state index in [1.54, 1.807) is 6.20 Å². The van der Waals surface area contributed by atoms with E-state index in [9.17, 15) is 28.4 Å². The lowest BCUT2D eigenvalue weighted by Crippen LogP contribution is -2.52. The van der Waals surface area contributed by atoms with Crippen LogP contribution in [0.4, 0.5) is 15.1 Å². The van der Waals surface area contributed by atoms with Gasteiger partial charge in [-0.15, -0.1) is 11.3 Å². The van der Waals surface area contributed by atoms with E-state index in [4.69, 9.17) is 0 Å². The highest BCUT2D eigenvalue weighted by atomic mass is 32.1. The molecule has 1 unspecified atom stereocenters. The summed E-state index contributed by atoms with van der Waals surface area (Å²) in [7, 11) is 1.89. The minimum Gasteiger partial charge on any atom is -0.355 e. The Labute approximate surface area is 328 Å². The molecule has 5 heterocycles. The van der Waals surface area contributed by atoms with E-state index in [1.165, 1.54) is 35.3 Å². The predicted octanol–water partition coefficient (Wildman–Crippen LogP) is 2.89. The molecule has 3 aromatic heterocycles. The average molecular weight is 792 g/mol. The van der Waals surface area contributed by atoms with Crippen LogP contribution in [0.5, 0.6) is 0 Å². The van der Waals surface area contributed by atoms with Gasteiger partial charge in [-0.1, -0.05) is 0 Å². The maximum atomic E-state index is 14.8. The van der Waals surface area contributed by atoms with Gasteiger partial charge in [0.05, 0.1) is 30.4 Å². The van der Waals surface area contributed by atoms with Crippen LogP contribution in [0.3, 0.4) is 0 Å². The summed E-state index contributed by atoms with van der Waals surface area (Å²) in [6, 6.07) is 1.34. The molecular formula is C38H50FN11O5S. The molecule has 2 saturated carbocycles. The van der Waals surface area contributed by atoms with E-state index < -0.39 is 17.8 Å². The summed E-state index contributed by atoms with van der Waals surface area (Å²) in [6.45, 7) is 1.91. The number of nitrogens with one attached hydrogen (secondary N) is 6. The Hall–Kier alpha value is -4.97. The Bertz CT molecular complexity index is 1940. The number of imide groups is 1. The SMILES string of the molecule is Cn1ncc(-c2nc(NC3CCC(NCC(=O)NCCCCCNC(=O)NCc4cc5c(s4)C(=O)N(C4CCC(=O)NC4=O)C5)CC3)ncc2F)c1CC1CC1. The predicted molar refractivity (Wildman–Crippen MR) is 206 cm³/mol. The molecule has 2 aliphatic carbocycles. The first-order valence-electron chi connectivity index (χ1n) is 19.7. The van der Waals surface area contributed by atoms with Gasteiger partial charge < -0.3 is 31.5 Å². The number of unbranched alkanes of at least 4 members (excludes halogenated alkanes) is 2. The van der Waals surface area contributed by atoms with Crippen molar-refractivity contribution < 1.29 is 28.4 Å². The summed E-state index contributed by atoms with van der Waals surface area (Å²) in [4.78, 5) is 73.0. The summed E-state index contributed by atoms with van der Waals surface area (Å²) in [5.41, 5.74) is 2.84. The van der Waals surface area contributed by atoms with Gasteiger partial charge in [-0.2, -0.15) is 5.10 Å². The number of nitrogens with zero attached hydrogens (tertiary/aromatic N) is 5. The first-order valence-corrected chi connectivity index (χ1v) is 20.5. The lowest BCUT2D eigenvalue weighted by atomic mass is 9.91. The van der Waals surface area contributed by atoms with Gasteiger partial charge in [0.1, 0.15) is 11.7 Å². The molecule has 7 rings (SSSR count). The van der Waals surface area contributed by atoms with Crippen LogP contribution < -0.4 is 31.9 Å². The number of aromatic nitrogens is 4. The maximum absolute atomic E-state index is 14.8. The number of carbonyl (C=O) groups excluding carboxylic acids is 5. The second-order valence-corrected chi connectivity index (χ2v) is 16.4. The van der Waals surface area contributed by atoms with Crippen molar-refractivity contribution in [3.63, 3.8) is 0 Å². The van der Waals surface area contributed by atoms with Crippen molar-refractivity contribution in [3.8, 4) is 11.3 Å². The molecule has 1 saturated heterocycles. The van der Waals surface area contributed by atoms with Crippen molar-refractivity contribution in [2.45, 2.75) is 108 Å². The third kappa shape index (κ3) is 9.87. The van der Waals surface area contributed by atoms with Gasteiger partial charge in [0.2, 0.25) is 23.7 Å². The highest BCUT2D eigenvalue weighted by Crippen LogP contribution is 2.36. The Morgan fingerprint density at radius 1 is 0.964 bits per heavy atom. The van der Waals surface area contributed by atoms with E-state index in [-0.39, 0.29) is 61.0 Å². The molecule has 0 radical (unpaired) electrons. The molecule has 3 aromatic rings. The van der Waals surface area contributed by atoms with Crippen molar-refractivity contribution in [2.75, 3.05) is 25.0 Å². The molecule has 4 aliphatic rings. The van der Waals surface area contributed by atoms with Crippen molar-refractivity contribution in [2.24, 2.45) is 13.0 Å². The number of carbonyl (C=O) groups is 5. The number of fused-ring (bicyclic) bond motifs is 1. The third-order valence-corrected chi connectivity index (χ3v) is 12.1. The number of hydrogen-bond donors (Lipinski definition) is 6. The van der Waals surface area contributed by atoms with E-state index in [1.807, 2.05) is 17.8 Å². The van der Waals surface area contributed by atoms with Crippen molar-refractivity contribution >= 4 is 46.9 Å². The number of hydrogen-bond acceptors (Lipinski definition) is 11. The van der Waals surface area contributed by atoms with Crippen LogP contribution in [-0.4, -0.2) is 92.1 Å². The first-order chi connectivity index (χ1) is 27.1. The van der Waals surface area contributed by atoms with E-state index in [0.29, 0.717) is 42.8 Å². The van der Waals surface area contributed by atoms with Crippen LogP contribution in [-0.2, 0) is 40.9 Å². The molecule has 1 atom stereocenters. The molecule has 6 amide bonds. The fourth-order valence-corrected chi connectivity index (χ4v) is 8.69. The number of piperidine rings is 1. The zero-order chi connectivity index (χ0) is 39.2. The van der Waals surface area contributed by atoms with E-state index in [0.717, 1.165) is 73.1 Å². The smallest absolute Gasteiger partial charge is 0.315 e. The van der Waals surface area contributed by atoms with E-state index >= 15 is 0 Å². The summed E-state index contributed by atoms with van der Waals surface area (Å²) in [6.07, 6.45) is 12.7. The highest BCUT2D eigenvalue weighted by Gasteiger charge is 2.40. The van der Waals surface area contributed by atoms with Crippen LogP contribution in [0.2, 0.25) is 0 Å². The zero-order valence-corrected chi connectivity index (χ0v) is 32.4. The van der Waals surface area contributed by atoms with Crippen LogP contribution in [0.25, 0.3) is 11.3 Å². The number of amides is 6. The molecule has 0 bridgehead atoms. The Balaban J connectivity index is 0.714. The lowest BCUT2D eigenvalue weighted by Gasteiger charge is -2.29. The second kappa shape index (κ2) is 17.9. The largest absolute Gasteiger partial charge is 0.355 e. The molecule has 3 fully saturated rings. The van der Waals surface area contributed by atoms with Crippen LogP contribution in [0.1, 0.15) is 96.4 Å². The molecule has 18 heteroatoms. The van der Waals surface area contributed by atoms with Gasteiger partial charge >= 0.3 is 6.03 Å². The molecule has 0 spiro atoms. The van der Waals surface area contributed by atoms with Gasteiger partial charge in [0, 0.05) is 61.3 Å². The maximum Gasteiger partial charge on any atom is 0.315 e. The number of rotatable bonds is 17. The Morgan fingerprint density at radius 2 is 1.73 bits per heavy atom. The highest BCUT2D eigenvalue weighted by molar-refractivity contribution is 7.14. The number of urea groups is 1. The monoisotopic (exact) mass is 791 g/mol. The summed E-state index contributed by atoms with van der Waals surface area (Å²) >= 11 is 1.31. The van der Waals surface area contributed by atoms with Crippen molar-refractivity contribution in [1.82, 2.24) is 51.2 Å². The fourth-order valence-electron chi connectivity index (χ4n) is 7.62. The topological polar surface area (TPSA) is 204 Å². The van der Waals surface area contributed by atoms with Gasteiger partial charge in [-0.25, -0.2) is 19.2 Å². The summed E-state index contributed by atoms with van der Waals surface area (Å²) < 4.78 is 16.7. The van der Waals surface area contributed by atoms with Gasteiger partial charge in [0.15, 0.2) is 5.82 Å². The standard InChI is InChI=1S/C38H50FN11O5S/c1-49-30(15-22-5-6-22)27(18-45-49)33-28(39)19-43-37(48-33)46-25-9-7-24(8-10-25)42-20-32(52)40-13-3-2-4-14-41-38(55)44-17-26-16-23-21-50(36(54)34(23)56-26)29-11-12-31(51)47-35(29)53/h16,18-19,22,24-25,29,42H,2-15,17,20-21H2,1H3,(H,40,52)(H2,41,44,55)(H,43,46,48)(H,47,51,53). The van der Waals surface area contributed by atoms with Gasteiger partial charge in [0.25, 0.3) is 5.91 Å². The number of thiophene rings is 1. The molecule has 300 valence electrons. The quantitative estimate of drug-likeness (QED) is 0.0872. The molecule has 6 N–H and O–H groups in total. The molecule has 0 aromatic carbocycles. The number of anilines is 1. The second-order valence-electron chi connectivity index (χ2n) is 15.2. The van der Waals surface area contributed by atoms with Crippen LogP contribution in [0.15, 0.2) is 18.5 Å². The number of halogens is 1. The summed E-state index contributed by atoms with van der Waals surface area (Å²) in [5.74, 6) is -0.418. The van der Waals surface area contributed by atoms with Crippen LogP contribution in [0, 0.1) is 11.7 Å².